The molecule has 3 rings (SSSR count). The number of esters is 1. The Labute approximate surface area is 170 Å². The van der Waals surface area contributed by atoms with Crippen LogP contribution >= 0.6 is 11.6 Å². The van der Waals surface area contributed by atoms with Crippen LogP contribution in [0.5, 0.6) is 5.75 Å². The normalized spacial score (nSPS) is 12.4. The van der Waals surface area contributed by atoms with Gasteiger partial charge in [-0.05, 0) is 42.5 Å². The van der Waals surface area contributed by atoms with Gasteiger partial charge in [0.05, 0.1) is 15.4 Å². The first kappa shape index (κ1) is 20.9. The molecule has 0 aliphatic rings. The van der Waals surface area contributed by atoms with Crippen LogP contribution in [-0.4, -0.2) is 14.4 Å². The molecule has 0 heterocycles. The van der Waals surface area contributed by atoms with E-state index in [4.69, 9.17) is 16.3 Å². The van der Waals surface area contributed by atoms with Crippen molar-refractivity contribution in [2.45, 2.75) is 9.79 Å². The van der Waals surface area contributed by atoms with Gasteiger partial charge in [0.2, 0.25) is 15.5 Å². The Balaban J connectivity index is 2.02. The van der Waals surface area contributed by atoms with Crippen LogP contribution in [0.4, 0.5) is 10.2 Å². The van der Waals surface area contributed by atoms with E-state index in [-0.39, 0.29) is 15.4 Å². The van der Waals surface area contributed by atoms with Crippen molar-refractivity contribution in [3.63, 3.8) is 0 Å². The van der Waals surface area contributed by atoms with Gasteiger partial charge in [0.15, 0.2) is 5.75 Å². The molecule has 0 aliphatic carbocycles. The number of carbonyl (C=O) groups is 1. The molecule has 0 radical (unpaired) electrons. The van der Waals surface area contributed by atoms with E-state index in [0.717, 1.165) is 18.2 Å². The van der Waals surface area contributed by atoms with Crippen LogP contribution in [-0.2, 0) is 14.9 Å². The molecule has 0 bridgehead atoms. The highest BCUT2D eigenvalue weighted by molar-refractivity contribution is 7.91. The van der Waals surface area contributed by atoms with Crippen LogP contribution in [0, 0.1) is 5.21 Å². The zero-order chi connectivity index (χ0) is 21.0. The first-order valence-corrected chi connectivity index (χ1v) is 9.94. The molecule has 0 saturated carbocycles. The van der Waals surface area contributed by atoms with Crippen LogP contribution in [0.3, 0.4) is 0 Å². The van der Waals surface area contributed by atoms with Crippen molar-refractivity contribution in [2.75, 3.05) is 0 Å². The predicted octanol–water partition coefficient (Wildman–Crippen LogP) is 3.22. The van der Waals surface area contributed by atoms with E-state index in [1.807, 2.05) is 0 Å². The summed E-state index contributed by atoms with van der Waals surface area (Å²) in [6.07, 6.45) is 0. The molecule has 1 N–H and O–H groups in total. The molecule has 7 nitrogen and oxygen atoms in total. The zero-order valence-electron chi connectivity index (χ0n) is 14.5. The molecular formula is C19H13ClFNO6S. The average Bonchev–Trinajstić information content (AvgIpc) is 2.74. The van der Waals surface area contributed by atoms with Crippen molar-refractivity contribution in [2.24, 2.45) is 0 Å². The molecule has 150 valence electrons. The maximum absolute atomic E-state index is 12.8. The Hall–Kier alpha value is -2.82. The molecule has 1 unspecified atom stereocenters. The molecule has 1 atom stereocenters. The lowest BCUT2D eigenvalue weighted by Gasteiger charge is -2.17. The number of ether oxygens (including phenoxy) is 1. The Morgan fingerprint density at radius 1 is 0.966 bits per heavy atom. The van der Waals surface area contributed by atoms with Crippen molar-refractivity contribution >= 4 is 33.1 Å². The summed E-state index contributed by atoms with van der Waals surface area (Å²) in [5.74, 6) is -1.37. The van der Waals surface area contributed by atoms with Gasteiger partial charge in [-0.15, -0.1) is 5.23 Å². The standard InChI is InChI=1S/C19H13ClFNO6S/c20-14-8-6-13(7-9-14)19(23)27-18-12-16(10-11-17(18)22(24)28-21)29(25,26)15-4-2-1-3-5-15/h1-12,22H. The van der Waals surface area contributed by atoms with E-state index in [1.54, 1.807) is 18.2 Å². The van der Waals surface area contributed by atoms with E-state index in [9.17, 15) is 22.9 Å². The minimum Gasteiger partial charge on any atom is -0.592 e. The largest absolute Gasteiger partial charge is 0.592 e. The summed E-state index contributed by atoms with van der Waals surface area (Å²) in [6, 6.07) is 16.2. The molecular weight excluding hydrogens is 425 g/mol. The Kier molecular flexibility index (Phi) is 6.26. The summed E-state index contributed by atoms with van der Waals surface area (Å²) in [7, 11) is -3.97. The van der Waals surface area contributed by atoms with Gasteiger partial charge in [-0.2, -0.15) is 0 Å². The zero-order valence-corrected chi connectivity index (χ0v) is 16.1. The van der Waals surface area contributed by atoms with Crippen LogP contribution < -0.4 is 9.96 Å². The number of benzene rings is 3. The van der Waals surface area contributed by atoms with Gasteiger partial charge in [0, 0.05) is 26.7 Å². The average molecular weight is 438 g/mol. The number of nitrogens with one attached hydrogen (secondary N) is 1. The van der Waals surface area contributed by atoms with Gasteiger partial charge in [-0.3, -0.25) is 0 Å². The van der Waals surface area contributed by atoms with E-state index in [1.165, 1.54) is 36.4 Å². The first-order valence-electron chi connectivity index (χ1n) is 8.08. The fourth-order valence-electron chi connectivity index (χ4n) is 2.44. The number of sulfone groups is 1. The van der Waals surface area contributed by atoms with Gasteiger partial charge in [0.25, 0.3) is 0 Å². The molecule has 0 amide bonds. The topological polar surface area (TPSA) is 97.2 Å². The number of hydrogen-bond donors (Lipinski definition) is 1. The van der Waals surface area contributed by atoms with E-state index >= 15 is 0 Å². The quantitative estimate of drug-likeness (QED) is 0.361. The smallest absolute Gasteiger partial charge is 0.343 e. The van der Waals surface area contributed by atoms with E-state index in [2.05, 4.69) is 5.04 Å². The van der Waals surface area contributed by atoms with E-state index < -0.39 is 32.5 Å². The van der Waals surface area contributed by atoms with Crippen LogP contribution in [0.2, 0.25) is 5.02 Å². The lowest BCUT2D eigenvalue weighted by Crippen LogP contribution is -2.99. The summed E-state index contributed by atoms with van der Waals surface area (Å²) < 4.78 is 43.2. The highest BCUT2D eigenvalue weighted by Crippen LogP contribution is 2.29. The third kappa shape index (κ3) is 4.61. The SMILES string of the molecule is O=C(Oc1cc(S(=O)(=O)c2ccccc2)ccc1[NH+]([O-])OF)c1ccc(Cl)cc1. The van der Waals surface area contributed by atoms with E-state index in [0.29, 0.717) is 5.02 Å². The molecule has 0 aliphatic heterocycles. The first-order chi connectivity index (χ1) is 13.8. The second-order valence-electron chi connectivity index (χ2n) is 5.74. The third-order valence-electron chi connectivity index (χ3n) is 3.89. The number of quaternary nitrogens is 1. The summed E-state index contributed by atoms with van der Waals surface area (Å²) >= 11 is 5.77. The number of halogens is 2. The monoisotopic (exact) mass is 437 g/mol. The summed E-state index contributed by atoms with van der Waals surface area (Å²) in [5.41, 5.74) is -0.368. The molecule has 10 heteroatoms. The van der Waals surface area contributed by atoms with Gasteiger partial charge in [-0.25, -0.2) is 13.2 Å². The molecule has 3 aromatic rings. The van der Waals surface area contributed by atoms with Gasteiger partial charge in [0.1, 0.15) is 0 Å². The maximum atomic E-state index is 12.8. The summed E-state index contributed by atoms with van der Waals surface area (Å²) in [4.78, 5) is 12.1. The lowest BCUT2D eigenvalue weighted by atomic mass is 10.2. The van der Waals surface area contributed by atoms with Crippen LogP contribution in [0.1, 0.15) is 10.4 Å². The fraction of sp³-hybridized carbons (Fsp3) is 0. The van der Waals surface area contributed by atoms with Crippen molar-refractivity contribution in [3.05, 3.63) is 88.6 Å². The van der Waals surface area contributed by atoms with Crippen molar-refractivity contribution in [1.29, 1.82) is 0 Å². The fourth-order valence-corrected chi connectivity index (χ4v) is 3.87. The lowest BCUT2D eigenvalue weighted by molar-refractivity contribution is -1.04. The Bertz CT molecular complexity index is 1120. The van der Waals surface area contributed by atoms with Crippen molar-refractivity contribution in [1.82, 2.24) is 0 Å². The van der Waals surface area contributed by atoms with Crippen molar-refractivity contribution in [3.8, 4) is 5.75 Å². The summed E-state index contributed by atoms with van der Waals surface area (Å²) in [6.45, 7) is 0. The minimum atomic E-state index is -3.97. The number of rotatable bonds is 6. The second-order valence-corrected chi connectivity index (χ2v) is 8.12. The van der Waals surface area contributed by atoms with Gasteiger partial charge < -0.3 is 9.94 Å². The third-order valence-corrected chi connectivity index (χ3v) is 5.91. The molecule has 29 heavy (non-hydrogen) atoms. The number of carbonyl (C=O) groups excluding carboxylic acids is 1. The predicted molar refractivity (Wildman–Crippen MR) is 101 cm³/mol. The molecule has 0 aromatic heterocycles. The second kappa shape index (κ2) is 8.68. The Morgan fingerprint density at radius 3 is 2.24 bits per heavy atom. The molecule has 0 fully saturated rings. The Morgan fingerprint density at radius 2 is 1.62 bits per heavy atom. The molecule has 0 spiro atoms. The van der Waals surface area contributed by atoms with Crippen LogP contribution in [0.15, 0.2) is 82.6 Å². The maximum Gasteiger partial charge on any atom is 0.343 e. The number of hydrogen-bond acceptors (Lipinski definition) is 6. The summed E-state index contributed by atoms with van der Waals surface area (Å²) in [5, 5.41) is 13.8. The molecule has 0 saturated heterocycles. The van der Waals surface area contributed by atoms with Gasteiger partial charge >= 0.3 is 5.97 Å². The van der Waals surface area contributed by atoms with Crippen molar-refractivity contribution < 1.29 is 32.7 Å². The minimum absolute atomic E-state index is 0.00389. The van der Waals surface area contributed by atoms with Crippen LogP contribution in [0.25, 0.3) is 0 Å². The highest BCUT2D eigenvalue weighted by atomic mass is 35.5. The highest BCUT2D eigenvalue weighted by Gasteiger charge is 2.24. The molecule has 3 aromatic carbocycles. The van der Waals surface area contributed by atoms with Gasteiger partial charge in [-0.1, -0.05) is 29.8 Å².